The lowest BCUT2D eigenvalue weighted by Crippen LogP contribution is -2.21. The van der Waals surface area contributed by atoms with E-state index in [2.05, 4.69) is 17.6 Å². The van der Waals surface area contributed by atoms with Gasteiger partial charge < -0.3 is 20.8 Å². The van der Waals surface area contributed by atoms with Crippen LogP contribution in [-0.2, 0) is 6.54 Å². The van der Waals surface area contributed by atoms with Crippen LogP contribution in [0.1, 0.15) is 35.6 Å². The van der Waals surface area contributed by atoms with Crippen molar-refractivity contribution in [3.8, 4) is 16.9 Å². The number of hydrogen-bond donors (Lipinski definition) is 3. The number of methoxy groups -OCH3 is 1. The number of anilines is 1. The van der Waals surface area contributed by atoms with Crippen LogP contribution in [-0.4, -0.2) is 26.2 Å². The first kappa shape index (κ1) is 24.7. The molecule has 3 N–H and O–H groups in total. The lowest BCUT2D eigenvalue weighted by molar-refractivity contribution is 0.412. The molecule has 3 aromatic rings. The highest BCUT2D eigenvalue weighted by Gasteiger charge is 2.14. The first-order valence-electron chi connectivity index (χ1n) is 11.2. The zero-order chi connectivity index (χ0) is 24.5. The molecule has 6 heteroatoms. The number of nitrogens with zero attached hydrogens (tertiary/aromatic N) is 1. The van der Waals surface area contributed by atoms with Crippen molar-refractivity contribution in [2.24, 2.45) is 4.99 Å². The van der Waals surface area contributed by atoms with Crippen LogP contribution in [0.5, 0.6) is 5.75 Å². The Balaban J connectivity index is 2.11. The van der Waals surface area contributed by atoms with E-state index in [0.717, 1.165) is 51.2 Å². The smallest absolute Gasteiger partial charge is 0.133 e. The minimum atomic E-state index is -0.275. The lowest BCUT2D eigenvalue weighted by Gasteiger charge is -2.16. The van der Waals surface area contributed by atoms with Crippen molar-refractivity contribution in [3.63, 3.8) is 0 Å². The average molecular weight is 459 g/mol. The Morgan fingerprint density at radius 3 is 2.53 bits per heavy atom. The van der Waals surface area contributed by atoms with Crippen LogP contribution in [0.3, 0.4) is 0 Å². The maximum Gasteiger partial charge on any atom is 0.133 e. The standard InChI is InChI=1S/C28H31FN4O/c1-5-6-14-32-28(33-18-21-8-7-9-26(31-3)25(21)17-30)24-15-22(16-27(34-4)19(24)2)20-10-12-23(29)13-11-20/h6-17,30-31H,5,18H2,1-4H3,(H,32,33)/b14-6+,30-17?. The molecule has 0 saturated carbocycles. The minimum Gasteiger partial charge on any atom is -0.496 e. The summed E-state index contributed by atoms with van der Waals surface area (Å²) in [4.78, 5) is 4.91. The predicted octanol–water partition coefficient (Wildman–Crippen LogP) is 6.31. The van der Waals surface area contributed by atoms with Crippen LogP contribution in [0.2, 0.25) is 0 Å². The molecular formula is C28H31FN4O. The van der Waals surface area contributed by atoms with Gasteiger partial charge in [0, 0.05) is 35.6 Å². The van der Waals surface area contributed by atoms with E-state index in [9.17, 15) is 4.39 Å². The van der Waals surface area contributed by atoms with Crippen molar-refractivity contribution in [1.82, 2.24) is 5.32 Å². The number of benzene rings is 3. The van der Waals surface area contributed by atoms with E-state index in [-0.39, 0.29) is 5.82 Å². The third-order valence-corrected chi connectivity index (χ3v) is 5.60. The van der Waals surface area contributed by atoms with Crippen LogP contribution >= 0.6 is 0 Å². The molecule has 0 heterocycles. The van der Waals surface area contributed by atoms with Crippen LogP contribution in [0.25, 0.3) is 11.1 Å². The highest BCUT2D eigenvalue weighted by Crippen LogP contribution is 2.31. The second-order valence-corrected chi connectivity index (χ2v) is 7.75. The van der Waals surface area contributed by atoms with E-state index in [1.54, 1.807) is 19.2 Å². The van der Waals surface area contributed by atoms with E-state index in [0.29, 0.717) is 12.4 Å². The summed E-state index contributed by atoms with van der Waals surface area (Å²) in [6.07, 6.45) is 6.15. The summed E-state index contributed by atoms with van der Waals surface area (Å²) < 4.78 is 19.2. The quantitative estimate of drug-likeness (QED) is 0.260. The molecule has 0 bridgehead atoms. The van der Waals surface area contributed by atoms with Gasteiger partial charge in [0.2, 0.25) is 0 Å². The van der Waals surface area contributed by atoms with Gasteiger partial charge in [-0.25, -0.2) is 4.39 Å². The Kier molecular flexibility index (Phi) is 8.57. The van der Waals surface area contributed by atoms with Crippen LogP contribution < -0.4 is 15.4 Å². The fourth-order valence-corrected chi connectivity index (χ4v) is 3.72. The predicted molar refractivity (Wildman–Crippen MR) is 140 cm³/mol. The number of aliphatic imine (C=N–C) groups is 1. The Morgan fingerprint density at radius 1 is 1.12 bits per heavy atom. The SMILES string of the molecule is CC/C=C/NC(=NCc1cccc(NC)c1C=N)c1cc(-c2ccc(F)cc2)cc(OC)c1C. The third-order valence-electron chi connectivity index (χ3n) is 5.60. The molecule has 0 atom stereocenters. The topological polar surface area (TPSA) is 69.5 Å². The number of rotatable bonds is 9. The van der Waals surface area contributed by atoms with E-state index in [4.69, 9.17) is 15.1 Å². The molecule has 0 amide bonds. The second-order valence-electron chi connectivity index (χ2n) is 7.75. The summed E-state index contributed by atoms with van der Waals surface area (Å²) in [6.45, 7) is 4.46. The maximum absolute atomic E-state index is 13.5. The highest BCUT2D eigenvalue weighted by atomic mass is 19.1. The molecule has 0 aliphatic heterocycles. The molecule has 0 aliphatic rings. The Bertz CT molecular complexity index is 1200. The molecular weight excluding hydrogens is 427 g/mol. The number of allylic oxidation sites excluding steroid dienone is 1. The van der Waals surface area contributed by atoms with Gasteiger partial charge in [-0.1, -0.05) is 37.3 Å². The van der Waals surface area contributed by atoms with Crippen LogP contribution in [0, 0.1) is 18.2 Å². The van der Waals surface area contributed by atoms with Crippen molar-refractivity contribution < 1.29 is 9.13 Å². The molecule has 3 aromatic carbocycles. The molecule has 0 aliphatic carbocycles. The van der Waals surface area contributed by atoms with Gasteiger partial charge in [0.05, 0.1) is 13.7 Å². The number of halogens is 1. The zero-order valence-electron chi connectivity index (χ0n) is 20.1. The first-order valence-corrected chi connectivity index (χ1v) is 11.2. The van der Waals surface area contributed by atoms with E-state index < -0.39 is 0 Å². The molecule has 5 nitrogen and oxygen atoms in total. The number of amidine groups is 1. The van der Waals surface area contributed by atoms with Crippen LogP contribution in [0.4, 0.5) is 10.1 Å². The number of nitrogens with one attached hydrogen (secondary N) is 3. The largest absolute Gasteiger partial charge is 0.496 e. The second kappa shape index (κ2) is 11.8. The van der Waals surface area contributed by atoms with Crippen LogP contribution in [0.15, 0.2) is 71.9 Å². The summed E-state index contributed by atoms with van der Waals surface area (Å²) in [7, 11) is 3.48. The zero-order valence-corrected chi connectivity index (χ0v) is 20.1. The molecule has 0 fully saturated rings. The average Bonchev–Trinajstić information content (AvgIpc) is 2.86. The normalized spacial score (nSPS) is 11.5. The van der Waals surface area contributed by atoms with Gasteiger partial charge in [0.15, 0.2) is 0 Å². The fourth-order valence-electron chi connectivity index (χ4n) is 3.72. The highest BCUT2D eigenvalue weighted by molar-refractivity contribution is 6.02. The van der Waals surface area contributed by atoms with Crippen molar-refractivity contribution in [2.45, 2.75) is 26.8 Å². The first-order chi connectivity index (χ1) is 16.5. The van der Waals surface area contributed by atoms with Gasteiger partial charge in [-0.15, -0.1) is 0 Å². The van der Waals surface area contributed by atoms with Gasteiger partial charge >= 0.3 is 0 Å². The van der Waals surface area contributed by atoms with E-state index in [1.807, 2.05) is 56.6 Å². The maximum atomic E-state index is 13.5. The fraction of sp³-hybridized carbons (Fsp3) is 0.214. The molecule has 3 rings (SSSR count). The number of hydrogen-bond acceptors (Lipinski definition) is 4. The summed E-state index contributed by atoms with van der Waals surface area (Å²) in [5.74, 6) is 1.14. The molecule has 176 valence electrons. The Hall–Kier alpha value is -3.93. The van der Waals surface area contributed by atoms with Gasteiger partial charge in [-0.05, 0) is 66.6 Å². The van der Waals surface area contributed by atoms with E-state index in [1.165, 1.54) is 18.3 Å². The van der Waals surface area contributed by atoms with Crippen molar-refractivity contribution >= 4 is 17.7 Å². The molecule has 0 aromatic heterocycles. The van der Waals surface area contributed by atoms with Crippen molar-refractivity contribution in [1.29, 1.82) is 5.41 Å². The molecule has 0 saturated heterocycles. The summed E-state index contributed by atoms with van der Waals surface area (Å²) in [5, 5.41) is 14.3. The summed E-state index contributed by atoms with van der Waals surface area (Å²) in [5.41, 5.74) is 6.27. The van der Waals surface area contributed by atoms with Gasteiger partial charge in [-0.3, -0.25) is 4.99 Å². The monoisotopic (exact) mass is 458 g/mol. The third kappa shape index (κ3) is 5.70. The van der Waals surface area contributed by atoms with E-state index >= 15 is 0 Å². The van der Waals surface area contributed by atoms with Gasteiger partial charge in [-0.2, -0.15) is 0 Å². The number of ether oxygens (including phenoxy) is 1. The molecule has 0 spiro atoms. The Labute approximate surface area is 200 Å². The molecule has 34 heavy (non-hydrogen) atoms. The van der Waals surface area contributed by atoms with Crippen molar-refractivity contribution in [2.75, 3.05) is 19.5 Å². The minimum absolute atomic E-state index is 0.275. The van der Waals surface area contributed by atoms with Gasteiger partial charge in [0.25, 0.3) is 0 Å². The molecule has 0 unspecified atom stereocenters. The van der Waals surface area contributed by atoms with Gasteiger partial charge in [0.1, 0.15) is 17.4 Å². The summed E-state index contributed by atoms with van der Waals surface area (Å²) >= 11 is 0. The lowest BCUT2D eigenvalue weighted by atomic mass is 9.97. The summed E-state index contributed by atoms with van der Waals surface area (Å²) in [6, 6.07) is 16.3. The molecule has 0 radical (unpaired) electrons. The Morgan fingerprint density at radius 2 is 1.88 bits per heavy atom. The van der Waals surface area contributed by atoms with Crippen molar-refractivity contribution in [3.05, 3.63) is 94.9 Å².